The van der Waals surface area contributed by atoms with Gasteiger partial charge in [0.25, 0.3) is 5.56 Å². The molecule has 1 N–H and O–H groups in total. The lowest BCUT2D eigenvalue weighted by molar-refractivity contribution is -0.119. The van der Waals surface area contributed by atoms with Crippen LogP contribution in [0.25, 0.3) is 10.2 Å². The highest BCUT2D eigenvalue weighted by molar-refractivity contribution is 7.18. The van der Waals surface area contributed by atoms with Crippen molar-refractivity contribution in [3.8, 4) is 0 Å². The van der Waals surface area contributed by atoms with Crippen molar-refractivity contribution in [2.24, 2.45) is 0 Å². The largest absolute Gasteiger partial charge is 0.324 e. The number of thiophene rings is 1. The molecule has 0 aliphatic rings. The Bertz CT molecular complexity index is 1130. The summed E-state index contributed by atoms with van der Waals surface area (Å²) in [7, 11) is 0. The highest BCUT2D eigenvalue weighted by atomic mass is 32.1. The molecule has 1 aromatic carbocycles. The van der Waals surface area contributed by atoms with Gasteiger partial charge in [-0.25, -0.2) is 4.98 Å². The highest BCUT2D eigenvalue weighted by Gasteiger charge is 2.25. The van der Waals surface area contributed by atoms with Gasteiger partial charge in [0.1, 0.15) is 16.7 Å². The second kappa shape index (κ2) is 9.10. The predicted octanol–water partition coefficient (Wildman–Crippen LogP) is 4.42. The summed E-state index contributed by atoms with van der Waals surface area (Å²) in [6, 6.07) is 6.95. The molecule has 1 unspecified atom stereocenters. The van der Waals surface area contributed by atoms with Gasteiger partial charge in [0.15, 0.2) is 0 Å². The second-order valence-corrected chi connectivity index (χ2v) is 8.81. The minimum absolute atomic E-state index is 0.142. The van der Waals surface area contributed by atoms with Gasteiger partial charge in [-0.15, -0.1) is 11.3 Å². The number of hydrogen-bond acceptors (Lipinski definition) is 5. The van der Waals surface area contributed by atoms with E-state index in [1.54, 1.807) is 11.5 Å². The van der Waals surface area contributed by atoms with Crippen LogP contribution < -0.4 is 10.9 Å². The van der Waals surface area contributed by atoms with E-state index in [1.165, 1.54) is 11.3 Å². The molecule has 30 heavy (non-hydrogen) atoms. The average molecular weight is 427 g/mol. The van der Waals surface area contributed by atoms with Crippen LogP contribution in [-0.2, 0) is 11.3 Å². The van der Waals surface area contributed by atoms with Gasteiger partial charge in [0, 0.05) is 10.6 Å². The number of amides is 1. The van der Waals surface area contributed by atoms with Crippen molar-refractivity contribution in [3.05, 3.63) is 56.4 Å². The second-order valence-electron chi connectivity index (χ2n) is 7.61. The summed E-state index contributed by atoms with van der Waals surface area (Å²) < 4.78 is 1.58. The zero-order chi connectivity index (χ0) is 22.0. The Kier molecular flexibility index (Phi) is 6.73. The third kappa shape index (κ3) is 4.18. The fourth-order valence-corrected chi connectivity index (χ4v) is 4.61. The monoisotopic (exact) mass is 426 g/mol. The van der Waals surface area contributed by atoms with E-state index in [9.17, 15) is 9.59 Å². The molecule has 0 spiro atoms. The van der Waals surface area contributed by atoms with Crippen molar-refractivity contribution in [1.82, 2.24) is 14.5 Å². The molecule has 160 valence electrons. The first-order valence-corrected chi connectivity index (χ1v) is 11.2. The average Bonchev–Trinajstić information content (AvgIpc) is 3.01. The van der Waals surface area contributed by atoms with Crippen LogP contribution >= 0.6 is 11.3 Å². The van der Waals surface area contributed by atoms with Gasteiger partial charge in [0.05, 0.1) is 11.9 Å². The van der Waals surface area contributed by atoms with Gasteiger partial charge >= 0.3 is 0 Å². The lowest BCUT2D eigenvalue weighted by Gasteiger charge is -2.23. The van der Waals surface area contributed by atoms with E-state index < -0.39 is 6.04 Å². The lowest BCUT2D eigenvalue weighted by Crippen LogP contribution is -2.37. The predicted molar refractivity (Wildman–Crippen MR) is 124 cm³/mol. The van der Waals surface area contributed by atoms with Crippen LogP contribution in [0, 0.1) is 20.8 Å². The molecule has 3 rings (SSSR count). The summed E-state index contributed by atoms with van der Waals surface area (Å²) in [5, 5.41) is 3.60. The normalized spacial score (nSPS) is 12.5. The standard InChI is InChI=1S/C23H30N4O2S/c1-7-26(8-2)13-19-25-22-20(15(4)17(6)30-22)23(29)27(19)16(5)21(28)24-18-12-10-9-11-14(18)3/h9-12,16H,7-8,13H2,1-6H3,(H,24,28). The van der Waals surface area contributed by atoms with Gasteiger partial charge in [-0.3, -0.25) is 19.1 Å². The number of para-hydroxylation sites is 1. The van der Waals surface area contributed by atoms with Crippen molar-refractivity contribution in [3.63, 3.8) is 0 Å². The number of carbonyl (C=O) groups excluding carboxylic acids is 1. The molecular weight excluding hydrogens is 396 g/mol. The summed E-state index contributed by atoms with van der Waals surface area (Å²) in [6.45, 7) is 14.0. The SMILES string of the molecule is CCN(CC)Cc1nc2sc(C)c(C)c2c(=O)n1C(C)C(=O)Nc1ccccc1C. The van der Waals surface area contributed by atoms with Crippen molar-refractivity contribution < 1.29 is 4.79 Å². The Morgan fingerprint density at radius 1 is 1.20 bits per heavy atom. The molecule has 0 aliphatic heterocycles. The van der Waals surface area contributed by atoms with E-state index in [-0.39, 0.29) is 11.5 Å². The summed E-state index contributed by atoms with van der Waals surface area (Å²) in [4.78, 5) is 35.5. The third-order valence-electron chi connectivity index (χ3n) is 5.74. The van der Waals surface area contributed by atoms with Crippen LogP contribution in [-0.4, -0.2) is 33.4 Å². The first kappa shape index (κ1) is 22.2. The minimum atomic E-state index is -0.681. The molecule has 2 aromatic heterocycles. The summed E-state index contributed by atoms with van der Waals surface area (Å²) in [5.41, 5.74) is 2.54. The number of nitrogens with one attached hydrogen (secondary N) is 1. The maximum absolute atomic E-state index is 13.5. The summed E-state index contributed by atoms with van der Waals surface area (Å²) >= 11 is 1.54. The smallest absolute Gasteiger partial charge is 0.263 e. The fraction of sp³-hybridized carbons (Fsp3) is 0.435. The molecule has 0 bridgehead atoms. The Morgan fingerprint density at radius 3 is 2.50 bits per heavy atom. The van der Waals surface area contributed by atoms with E-state index in [1.807, 2.05) is 45.0 Å². The van der Waals surface area contributed by atoms with Crippen molar-refractivity contribution in [2.75, 3.05) is 18.4 Å². The van der Waals surface area contributed by atoms with Crippen LogP contribution in [0.15, 0.2) is 29.1 Å². The molecule has 2 heterocycles. The van der Waals surface area contributed by atoms with Gasteiger partial charge in [-0.2, -0.15) is 0 Å². The topological polar surface area (TPSA) is 67.2 Å². The first-order valence-electron chi connectivity index (χ1n) is 10.4. The van der Waals surface area contributed by atoms with E-state index in [0.717, 1.165) is 39.6 Å². The Balaban J connectivity index is 2.10. The molecule has 0 aliphatic carbocycles. The van der Waals surface area contributed by atoms with E-state index in [2.05, 4.69) is 24.1 Å². The first-order chi connectivity index (χ1) is 14.3. The molecule has 7 heteroatoms. The number of rotatable bonds is 7. The molecule has 0 radical (unpaired) electrons. The lowest BCUT2D eigenvalue weighted by atomic mass is 10.2. The number of benzene rings is 1. The number of aromatic nitrogens is 2. The van der Waals surface area contributed by atoms with E-state index in [4.69, 9.17) is 4.98 Å². The van der Waals surface area contributed by atoms with Gasteiger partial charge < -0.3 is 5.32 Å². The fourth-order valence-electron chi connectivity index (χ4n) is 3.57. The number of carbonyl (C=O) groups is 1. The van der Waals surface area contributed by atoms with Gasteiger partial charge in [-0.1, -0.05) is 32.0 Å². The van der Waals surface area contributed by atoms with Crippen LogP contribution in [0.1, 0.15) is 48.6 Å². The zero-order valence-corrected chi connectivity index (χ0v) is 19.4. The van der Waals surface area contributed by atoms with Crippen molar-refractivity contribution in [2.45, 2.75) is 54.1 Å². The van der Waals surface area contributed by atoms with Crippen LogP contribution in [0.5, 0.6) is 0 Å². The maximum Gasteiger partial charge on any atom is 0.263 e. The number of hydrogen-bond donors (Lipinski definition) is 1. The quantitative estimate of drug-likeness (QED) is 0.607. The Morgan fingerprint density at radius 2 is 1.87 bits per heavy atom. The number of fused-ring (bicyclic) bond motifs is 1. The van der Waals surface area contributed by atoms with Crippen molar-refractivity contribution >= 4 is 33.1 Å². The third-order valence-corrected chi connectivity index (χ3v) is 6.84. The van der Waals surface area contributed by atoms with E-state index in [0.29, 0.717) is 17.8 Å². The number of nitrogens with zero attached hydrogens (tertiary/aromatic N) is 3. The van der Waals surface area contributed by atoms with E-state index >= 15 is 0 Å². The van der Waals surface area contributed by atoms with Crippen LogP contribution in [0.3, 0.4) is 0 Å². The molecule has 1 amide bonds. The number of anilines is 1. The number of aryl methyl sites for hydroxylation is 3. The van der Waals surface area contributed by atoms with Crippen LogP contribution in [0.2, 0.25) is 0 Å². The highest BCUT2D eigenvalue weighted by Crippen LogP contribution is 2.27. The summed E-state index contributed by atoms with van der Waals surface area (Å²) in [5.74, 6) is 0.405. The maximum atomic E-state index is 13.5. The zero-order valence-electron chi connectivity index (χ0n) is 18.6. The van der Waals surface area contributed by atoms with Gasteiger partial charge in [-0.05, 0) is 58.0 Å². The summed E-state index contributed by atoms with van der Waals surface area (Å²) in [6.07, 6.45) is 0. The molecule has 0 fully saturated rings. The molecule has 3 aromatic rings. The van der Waals surface area contributed by atoms with Crippen molar-refractivity contribution in [1.29, 1.82) is 0 Å². The Hall–Kier alpha value is -2.51. The molecule has 0 saturated carbocycles. The van der Waals surface area contributed by atoms with Crippen LogP contribution in [0.4, 0.5) is 5.69 Å². The molecule has 6 nitrogen and oxygen atoms in total. The molecular formula is C23H30N4O2S. The Labute approximate surface area is 181 Å². The molecule has 0 saturated heterocycles. The van der Waals surface area contributed by atoms with Gasteiger partial charge in [0.2, 0.25) is 5.91 Å². The molecule has 1 atom stereocenters. The minimum Gasteiger partial charge on any atom is -0.324 e.